The Morgan fingerprint density at radius 3 is 1.66 bits per heavy atom. The molecule has 6 atom stereocenters. The lowest BCUT2D eigenvalue weighted by molar-refractivity contribution is -0.142. The number of halogens is 5. The summed E-state index contributed by atoms with van der Waals surface area (Å²) in [6.45, 7) is 4.11. The van der Waals surface area contributed by atoms with Crippen LogP contribution in [0.15, 0.2) is 0 Å². The molecule has 1 N–H and O–H groups in total. The molecule has 0 saturated carbocycles. The van der Waals surface area contributed by atoms with Gasteiger partial charge in [-0.05, 0) is 57.8 Å². The molecular formula is C22H39Cl5O2. The molecule has 0 bridgehead atoms. The number of hydrogen-bond acceptors (Lipinski definition) is 1. The summed E-state index contributed by atoms with van der Waals surface area (Å²) in [5.74, 6) is -0.992. The van der Waals surface area contributed by atoms with Crippen LogP contribution in [0.2, 0.25) is 0 Å². The summed E-state index contributed by atoms with van der Waals surface area (Å²) in [6, 6.07) is 0. The van der Waals surface area contributed by atoms with Gasteiger partial charge in [-0.15, -0.1) is 58.0 Å². The molecule has 2 nitrogen and oxygen atoms in total. The van der Waals surface area contributed by atoms with Gasteiger partial charge >= 0.3 is 5.97 Å². The van der Waals surface area contributed by atoms with Crippen molar-refractivity contribution in [1.29, 1.82) is 0 Å². The summed E-state index contributed by atoms with van der Waals surface area (Å²) >= 11 is 31.5. The molecule has 7 heteroatoms. The summed E-state index contributed by atoms with van der Waals surface area (Å²) in [4.78, 5) is 11.4. The SMILES string of the molecule is CCC(Cl)CCCC(CCCCC(Cl)C(Cl)CCCC(Cl)CC(Cl)CC)C(=O)O. The topological polar surface area (TPSA) is 37.3 Å². The molecule has 0 aliphatic rings. The predicted molar refractivity (Wildman–Crippen MR) is 131 cm³/mol. The van der Waals surface area contributed by atoms with Crippen LogP contribution in [-0.4, -0.2) is 38.0 Å². The van der Waals surface area contributed by atoms with Gasteiger partial charge in [0.15, 0.2) is 0 Å². The van der Waals surface area contributed by atoms with Crippen molar-refractivity contribution >= 4 is 64.0 Å². The number of carboxylic acids is 1. The molecule has 0 fully saturated rings. The fraction of sp³-hybridized carbons (Fsp3) is 0.955. The van der Waals surface area contributed by atoms with Crippen molar-refractivity contribution in [2.24, 2.45) is 5.92 Å². The second-order valence-corrected chi connectivity index (χ2v) is 11.0. The van der Waals surface area contributed by atoms with Crippen molar-refractivity contribution in [3.63, 3.8) is 0 Å². The van der Waals surface area contributed by atoms with Crippen LogP contribution in [-0.2, 0) is 4.79 Å². The number of aliphatic carboxylic acids is 1. The summed E-state index contributed by atoms with van der Waals surface area (Å²) in [5.41, 5.74) is 0. The first kappa shape index (κ1) is 29.9. The quantitative estimate of drug-likeness (QED) is 0.139. The largest absolute Gasteiger partial charge is 0.481 e. The number of hydrogen-bond donors (Lipinski definition) is 1. The Balaban J connectivity index is 3.95. The highest BCUT2D eigenvalue weighted by Gasteiger charge is 2.20. The highest BCUT2D eigenvalue weighted by Crippen LogP contribution is 2.26. The number of rotatable bonds is 19. The van der Waals surface area contributed by atoms with E-state index in [1.165, 1.54) is 0 Å². The highest BCUT2D eigenvalue weighted by molar-refractivity contribution is 6.30. The van der Waals surface area contributed by atoms with E-state index in [1.54, 1.807) is 0 Å². The van der Waals surface area contributed by atoms with E-state index >= 15 is 0 Å². The first-order valence-corrected chi connectivity index (χ1v) is 13.3. The smallest absolute Gasteiger partial charge is 0.306 e. The third kappa shape index (κ3) is 16.2. The van der Waals surface area contributed by atoms with Crippen LogP contribution < -0.4 is 0 Å². The standard InChI is InChI=1S/C22H39Cl5O2/c1-3-17(23)11-7-10-16(22(28)29)9-5-6-13-20(26)21(27)14-8-12-19(25)15-18(24)4-2/h16-21H,3-15H2,1-2H3,(H,28,29). The van der Waals surface area contributed by atoms with Crippen LogP contribution >= 0.6 is 58.0 Å². The lowest BCUT2D eigenvalue weighted by atomic mass is 9.94. The van der Waals surface area contributed by atoms with Crippen molar-refractivity contribution in [2.45, 2.75) is 124 Å². The van der Waals surface area contributed by atoms with E-state index in [9.17, 15) is 9.90 Å². The van der Waals surface area contributed by atoms with Gasteiger partial charge in [-0.2, -0.15) is 0 Å². The van der Waals surface area contributed by atoms with Gasteiger partial charge in [-0.1, -0.05) is 39.5 Å². The fourth-order valence-corrected chi connectivity index (χ4v) is 4.76. The monoisotopic (exact) mass is 510 g/mol. The minimum atomic E-state index is -0.705. The fourth-order valence-electron chi connectivity index (χ4n) is 3.37. The van der Waals surface area contributed by atoms with Crippen molar-refractivity contribution in [1.82, 2.24) is 0 Å². The maximum absolute atomic E-state index is 11.4. The zero-order valence-electron chi connectivity index (χ0n) is 17.9. The number of carboxylic acid groups (broad SMARTS) is 1. The average Bonchev–Trinajstić information content (AvgIpc) is 2.68. The molecule has 0 aromatic carbocycles. The van der Waals surface area contributed by atoms with Gasteiger partial charge in [0, 0.05) is 26.9 Å². The molecule has 0 heterocycles. The zero-order valence-corrected chi connectivity index (χ0v) is 21.7. The van der Waals surface area contributed by atoms with Crippen LogP contribution in [0.25, 0.3) is 0 Å². The molecular weight excluding hydrogens is 474 g/mol. The van der Waals surface area contributed by atoms with Crippen LogP contribution in [0.1, 0.15) is 97.3 Å². The van der Waals surface area contributed by atoms with Crippen molar-refractivity contribution in [3.05, 3.63) is 0 Å². The third-order valence-corrected chi connectivity index (χ3v) is 8.07. The maximum Gasteiger partial charge on any atom is 0.306 e. The van der Waals surface area contributed by atoms with Crippen molar-refractivity contribution < 1.29 is 9.90 Å². The molecule has 0 aromatic rings. The first-order chi connectivity index (χ1) is 13.7. The first-order valence-electron chi connectivity index (χ1n) is 11.1. The Morgan fingerprint density at radius 2 is 1.10 bits per heavy atom. The van der Waals surface area contributed by atoms with Crippen LogP contribution in [0.4, 0.5) is 0 Å². The van der Waals surface area contributed by atoms with Crippen LogP contribution in [0, 0.1) is 5.92 Å². The van der Waals surface area contributed by atoms with E-state index in [0.29, 0.717) is 12.8 Å². The van der Waals surface area contributed by atoms with E-state index in [2.05, 4.69) is 13.8 Å². The van der Waals surface area contributed by atoms with Gasteiger partial charge in [0.25, 0.3) is 0 Å². The number of carbonyl (C=O) groups is 1. The molecule has 0 aromatic heterocycles. The Hall–Kier alpha value is 0.920. The molecule has 0 radical (unpaired) electrons. The Morgan fingerprint density at radius 1 is 0.655 bits per heavy atom. The number of unbranched alkanes of at least 4 members (excludes halogenated alkanes) is 1. The Bertz CT molecular complexity index is 411. The second kappa shape index (κ2) is 18.5. The van der Waals surface area contributed by atoms with Gasteiger partial charge in [-0.3, -0.25) is 4.79 Å². The van der Waals surface area contributed by atoms with Crippen molar-refractivity contribution in [3.8, 4) is 0 Å². The summed E-state index contributed by atoms with van der Waals surface area (Å²) in [7, 11) is 0. The van der Waals surface area contributed by atoms with Gasteiger partial charge in [0.2, 0.25) is 0 Å². The van der Waals surface area contributed by atoms with Crippen molar-refractivity contribution in [2.75, 3.05) is 0 Å². The maximum atomic E-state index is 11.4. The summed E-state index contributed by atoms with van der Waals surface area (Å²) in [5, 5.41) is 9.62. The lowest BCUT2D eigenvalue weighted by Gasteiger charge is -2.18. The van der Waals surface area contributed by atoms with Crippen LogP contribution in [0.5, 0.6) is 0 Å². The van der Waals surface area contributed by atoms with Gasteiger partial charge in [0.1, 0.15) is 0 Å². The highest BCUT2D eigenvalue weighted by atomic mass is 35.5. The third-order valence-electron chi connectivity index (χ3n) is 5.49. The molecule has 0 spiro atoms. The minimum absolute atomic E-state index is 0.0801. The lowest BCUT2D eigenvalue weighted by Crippen LogP contribution is -2.17. The Kier molecular flexibility index (Phi) is 19.1. The second-order valence-electron chi connectivity index (χ2n) is 8.06. The van der Waals surface area contributed by atoms with Gasteiger partial charge < -0.3 is 5.11 Å². The van der Waals surface area contributed by atoms with E-state index in [-0.39, 0.29) is 32.8 Å². The average molecular weight is 513 g/mol. The molecule has 29 heavy (non-hydrogen) atoms. The molecule has 0 rings (SSSR count). The van der Waals surface area contributed by atoms with E-state index in [1.807, 2.05) is 0 Å². The van der Waals surface area contributed by atoms with E-state index in [0.717, 1.165) is 70.6 Å². The predicted octanol–water partition coefficient (Wildman–Crippen LogP) is 8.84. The molecule has 174 valence electrons. The number of alkyl halides is 5. The van der Waals surface area contributed by atoms with Gasteiger partial charge in [-0.25, -0.2) is 0 Å². The molecule has 0 aliphatic heterocycles. The molecule has 0 amide bonds. The van der Waals surface area contributed by atoms with Crippen LogP contribution in [0.3, 0.4) is 0 Å². The summed E-state index contributed by atoms with van der Waals surface area (Å²) in [6.07, 6.45) is 11.1. The summed E-state index contributed by atoms with van der Waals surface area (Å²) < 4.78 is 0. The van der Waals surface area contributed by atoms with E-state index in [4.69, 9.17) is 58.0 Å². The minimum Gasteiger partial charge on any atom is -0.481 e. The van der Waals surface area contributed by atoms with Gasteiger partial charge in [0.05, 0.1) is 5.92 Å². The Labute approximate surface area is 203 Å². The molecule has 0 aliphatic carbocycles. The molecule has 0 saturated heterocycles. The van der Waals surface area contributed by atoms with E-state index < -0.39 is 5.97 Å². The molecule has 6 unspecified atom stereocenters. The normalized spacial score (nSPS) is 18.0. The zero-order chi connectivity index (χ0) is 22.2.